The largest absolute Gasteiger partial charge is 0.409 e. The summed E-state index contributed by atoms with van der Waals surface area (Å²) >= 11 is 1.36. The Morgan fingerprint density at radius 1 is 1.60 bits per heavy atom. The van der Waals surface area contributed by atoms with Crippen molar-refractivity contribution >= 4 is 24.0 Å². The van der Waals surface area contributed by atoms with Crippen LogP contribution in [0.2, 0.25) is 0 Å². The molecule has 0 fully saturated rings. The van der Waals surface area contributed by atoms with Crippen LogP contribution < -0.4 is 0 Å². The van der Waals surface area contributed by atoms with E-state index in [4.69, 9.17) is 0 Å². The summed E-state index contributed by atoms with van der Waals surface area (Å²) < 4.78 is 4.46. The maximum absolute atomic E-state index is 4.46. The van der Waals surface area contributed by atoms with Crippen LogP contribution in [0.25, 0.3) is 0 Å². The highest BCUT2D eigenvalue weighted by Crippen LogP contribution is 1.93. The van der Waals surface area contributed by atoms with E-state index in [-0.39, 0.29) is 12.4 Å². The van der Waals surface area contributed by atoms with Crippen molar-refractivity contribution in [3.05, 3.63) is 11.6 Å². The number of hydrogen-bond acceptors (Lipinski definition) is 2. The van der Waals surface area contributed by atoms with Gasteiger partial charge in [0.15, 0.2) is 0 Å². The van der Waals surface area contributed by atoms with Crippen molar-refractivity contribution in [2.75, 3.05) is 0 Å². The van der Waals surface area contributed by atoms with Crippen LogP contribution in [0.5, 0.6) is 0 Å². The van der Waals surface area contributed by atoms with Crippen molar-refractivity contribution in [2.45, 2.75) is 0 Å². The highest BCUT2D eigenvalue weighted by atomic mass is 35.5. The monoisotopic (exact) mass is 110 g/mol. The molecule has 1 aromatic rings. The predicted octanol–water partition coefficient (Wildman–Crippen LogP) is 1.76. The zero-order valence-electron chi connectivity index (χ0n) is 2.38. The Balaban J connectivity index is 0.000000160. The topological polar surface area (TPSA) is 13.1 Å². The highest BCUT2D eigenvalue weighted by Gasteiger charge is 1.61. The second-order valence-electron chi connectivity index (χ2n) is 0.465. The molecule has 0 bridgehead atoms. The molecule has 0 aliphatic rings. The summed E-state index contributed by atoms with van der Waals surface area (Å²) in [4.78, 5) is 0. The van der Waals surface area contributed by atoms with Crippen LogP contribution in [0, 0.1) is 0 Å². The minimum absolute atomic E-state index is 0. The maximum atomic E-state index is 4.46. The first kappa shape index (κ1) is 5.05. The van der Waals surface area contributed by atoms with Gasteiger partial charge in [0.05, 0.1) is 5.38 Å². The Morgan fingerprint density at radius 2 is 1.80 bits per heavy atom. The minimum Gasteiger partial charge on any atom is -0.409 e. The average Bonchev–Trinajstić information content (AvgIpc) is 0.722. The molecule has 1 rings (SSSR count). The average molecular weight is 111 g/mol. The van der Waals surface area contributed by atoms with Crippen LogP contribution >= 0.6 is 24.0 Å². The first-order valence-corrected chi connectivity index (χ1v) is 1.78. The molecule has 0 N–H and O–H groups in total. The molecule has 5 heavy (non-hydrogen) atoms. The van der Waals surface area contributed by atoms with Gasteiger partial charge < -0.3 is 3.85 Å². The molecule has 0 spiro atoms. The molecule has 0 saturated heterocycles. The molecule has 0 radical (unpaired) electrons. The summed E-state index contributed by atoms with van der Waals surface area (Å²) in [5, 5.41) is 1.88. The van der Waals surface area contributed by atoms with E-state index in [1.807, 2.05) is 5.38 Å². The zero-order chi connectivity index (χ0) is 2.83. The van der Waals surface area contributed by atoms with Gasteiger partial charge >= 0.3 is 0 Å². The fourth-order valence-electron chi connectivity index (χ4n) is 0.0556. The smallest absolute Gasteiger partial charge is 0.120 e. The molecule has 0 aliphatic heterocycles. The van der Waals surface area contributed by atoms with Crippen LogP contribution in [-0.4, -0.2) is 0 Å². The molecule has 3 heteroatoms. The molecule has 0 aliphatic carbocycles. The van der Waals surface area contributed by atoms with Crippen LogP contribution in [-0.2, 0) is 0 Å². The van der Waals surface area contributed by atoms with Crippen LogP contribution in [0.15, 0.2) is 15.5 Å². The molecular weight excluding hydrogens is 108 g/mol. The predicted molar refractivity (Wildman–Crippen MR) is 23.8 cm³/mol. The van der Waals surface area contributed by atoms with Gasteiger partial charge in [-0.1, -0.05) is 0 Å². The van der Waals surface area contributed by atoms with Crippen molar-refractivity contribution in [3.63, 3.8) is 0 Å². The fraction of sp³-hybridized carbons (Fsp3) is 0. The van der Waals surface area contributed by atoms with E-state index in [2.05, 4.69) is 3.85 Å². The van der Waals surface area contributed by atoms with Crippen molar-refractivity contribution < 1.29 is 3.85 Å². The van der Waals surface area contributed by atoms with Gasteiger partial charge in [-0.05, 0) is 0 Å². The lowest BCUT2D eigenvalue weighted by Gasteiger charge is -1.70. The quantitative estimate of drug-likeness (QED) is 0.496. The molecule has 1 heterocycles. The van der Waals surface area contributed by atoms with Gasteiger partial charge in [0, 0.05) is 11.6 Å². The summed E-state index contributed by atoms with van der Waals surface area (Å²) in [6.07, 6.45) is 1.64. The Kier molecular flexibility index (Phi) is 2.32. The highest BCUT2D eigenvalue weighted by molar-refractivity contribution is 7.01. The SMILES string of the molecule is Cl.c1cso1. The van der Waals surface area contributed by atoms with E-state index in [1.165, 1.54) is 11.6 Å². The van der Waals surface area contributed by atoms with Crippen LogP contribution in [0.4, 0.5) is 0 Å². The summed E-state index contributed by atoms with van der Waals surface area (Å²) in [5.41, 5.74) is 0. The normalized spacial score (nSPS) is 6.40. The van der Waals surface area contributed by atoms with Gasteiger partial charge in [0.1, 0.15) is 6.26 Å². The summed E-state index contributed by atoms with van der Waals surface area (Å²) in [5.74, 6) is 0. The molecule has 30 valence electrons. The van der Waals surface area contributed by atoms with E-state index in [0.29, 0.717) is 0 Å². The molecular formula is C2H3ClOS. The molecule has 0 amide bonds. The summed E-state index contributed by atoms with van der Waals surface area (Å²) in [6, 6.07) is 0. The van der Waals surface area contributed by atoms with Gasteiger partial charge in [0.2, 0.25) is 0 Å². The molecule has 0 unspecified atom stereocenters. The summed E-state index contributed by atoms with van der Waals surface area (Å²) in [6.45, 7) is 0. The lowest BCUT2D eigenvalue weighted by Crippen LogP contribution is -1.38. The summed E-state index contributed by atoms with van der Waals surface area (Å²) in [7, 11) is 0. The lowest BCUT2D eigenvalue weighted by atomic mass is 11.1. The lowest BCUT2D eigenvalue weighted by molar-refractivity contribution is 0.666. The second kappa shape index (κ2) is 2.30. The van der Waals surface area contributed by atoms with E-state index < -0.39 is 0 Å². The third kappa shape index (κ3) is 1.04. The fourth-order valence-corrected chi connectivity index (χ4v) is 0.167. The van der Waals surface area contributed by atoms with Crippen molar-refractivity contribution in [2.24, 2.45) is 0 Å². The maximum Gasteiger partial charge on any atom is 0.120 e. The Hall–Kier alpha value is 0.0500. The van der Waals surface area contributed by atoms with E-state index in [9.17, 15) is 0 Å². The first-order valence-electron chi connectivity index (χ1n) is 0.971. The van der Waals surface area contributed by atoms with Crippen molar-refractivity contribution in [1.82, 2.24) is 0 Å². The van der Waals surface area contributed by atoms with E-state index in [0.717, 1.165) is 0 Å². The van der Waals surface area contributed by atoms with E-state index in [1.54, 1.807) is 6.26 Å². The number of hydrogen-bond donors (Lipinski definition) is 0. The third-order valence-electron chi connectivity index (χ3n) is 0.222. The van der Waals surface area contributed by atoms with Gasteiger partial charge in [-0.15, -0.1) is 12.4 Å². The van der Waals surface area contributed by atoms with Crippen molar-refractivity contribution in [1.29, 1.82) is 0 Å². The molecule has 0 atom stereocenters. The Morgan fingerprint density at radius 3 is 1.80 bits per heavy atom. The van der Waals surface area contributed by atoms with Crippen LogP contribution in [0.3, 0.4) is 0 Å². The van der Waals surface area contributed by atoms with Gasteiger partial charge in [0.25, 0.3) is 0 Å². The standard InChI is InChI=1S/C2H2OS.ClH/c1-2-4-3-1;/h1-2H;1H. The van der Waals surface area contributed by atoms with Gasteiger partial charge in [-0.2, -0.15) is 0 Å². The molecule has 1 nitrogen and oxygen atoms in total. The van der Waals surface area contributed by atoms with Crippen molar-refractivity contribution in [3.8, 4) is 0 Å². The first-order chi connectivity index (χ1) is 2.00. The minimum atomic E-state index is 0. The Labute approximate surface area is 40.2 Å². The number of halogens is 1. The Bertz CT molecular complexity index is 51.4. The van der Waals surface area contributed by atoms with Gasteiger partial charge in [-0.25, -0.2) is 0 Å². The number of rotatable bonds is 0. The molecule has 0 aromatic carbocycles. The van der Waals surface area contributed by atoms with E-state index >= 15 is 0 Å². The second-order valence-corrected chi connectivity index (χ2v) is 1.12. The molecule has 1 aromatic heterocycles. The zero-order valence-corrected chi connectivity index (χ0v) is 4.01. The molecule has 0 saturated carbocycles. The van der Waals surface area contributed by atoms with Gasteiger partial charge in [-0.3, -0.25) is 0 Å². The van der Waals surface area contributed by atoms with Crippen LogP contribution in [0.1, 0.15) is 0 Å². The third-order valence-corrected chi connectivity index (χ3v) is 0.667.